The number of nitrogen functional groups attached to an aromatic ring is 1. The first-order valence-electron chi connectivity index (χ1n) is 9.84. The van der Waals surface area contributed by atoms with E-state index in [9.17, 15) is 14.4 Å². The van der Waals surface area contributed by atoms with Crippen molar-refractivity contribution in [2.75, 3.05) is 17.6 Å². The van der Waals surface area contributed by atoms with E-state index in [1.54, 1.807) is 11.6 Å². The quantitative estimate of drug-likeness (QED) is 0.525. The Morgan fingerprint density at radius 1 is 1.23 bits per heavy atom. The van der Waals surface area contributed by atoms with Gasteiger partial charge in [-0.15, -0.1) is 5.10 Å². The van der Waals surface area contributed by atoms with Crippen LogP contribution in [-0.2, 0) is 13.6 Å². The molecule has 0 saturated heterocycles. The van der Waals surface area contributed by atoms with Gasteiger partial charge in [-0.3, -0.25) is 18.7 Å². The first-order chi connectivity index (χ1) is 14.6. The Bertz CT molecular complexity index is 1250. The molecule has 0 spiro atoms. The fourth-order valence-corrected chi connectivity index (χ4v) is 3.26. The van der Waals surface area contributed by atoms with Gasteiger partial charge in [0.15, 0.2) is 11.6 Å². The highest BCUT2D eigenvalue weighted by Crippen LogP contribution is 2.19. The molecule has 2 aromatic heterocycles. The number of aryl methyl sites for hydroxylation is 2. The third-order valence-corrected chi connectivity index (χ3v) is 4.93. The second-order valence-electron chi connectivity index (χ2n) is 7.83. The van der Waals surface area contributed by atoms with Gasteiger partial charge in [-0.25, -0.2) is 4.79 Å². The summed E-state index contributed by atoms with van der Waals surface area (Å²) < 4.78 is 3.78. The number of benzene rings is 1. The van der Waals surface area contributed by atoms with Crippen molar-refractivity contribution in [1.82, 2.24) is 29.3 Å². The minimum atomic E-state index is -0.705. The number of Topliss-reactive ketones (excluding diaryl/α,β-unsaturated/α-hetero) is 1. The Morgan fingerprint density at radius 3 is 2.55 bits per heavy atom. The van der Waals surface area contributed by atoms with Crippen molar-refractivity contribution < 1.29 is 4.79 Å². The number of carbonyl (C=O) groups excluding carboxylic acids is 1. The summed E-state index contributed by atoms with van der Waals surface area (Å²) in [6.07, 6.45) is 0. The van der Waals surface area contributed by atoms with Crippen molar-refractivity contribution in [2.45, 2.75) is 34.2 Å². The van der Waals surface area contributed by atoms with Gasteiger partial charge in [0.2, 0.25) is 0 Å². The van der Waals surface area contributed by atoms with E-state index in [0.717, 1.165) is 15.8 Å². The minimum Gasteiger partial charge on any atom is -0.384 e. The lowest BCUT2D eigenvalue weighted by molar-refractivity contribution is 0.100. The van der Waals surface area contributed by atoms with Crippen LogP contribution in [0.2, 0.25) is 0 Å². The maximum absolute atomic E-state index is 12.9. The monoisotopic (exact) mass is 426 g/mol. The van der Waals surface area contributed by atoms with E-state index >= 15 is 0 Å². The molecule has 0 saturated carbocycles. The zero-order chi connectivity index (χ0) is 22.9. The standard InChI is InChI=1S/C20H26N8O3/c1-11(2)10-27-18(21)17(19(30)26(5)20(27)31)16(29)9-22-14-7-6-12(3)15(8-14)28-13(4)23-24-25-28/h6-8,11,22H,9-10,21H2,1-5H3. The van der Waals surface area contributed by atoms with E-state index in [-0.39, 0.29) is 23.8 Å². The molecule has 1 aromatic carbocycles. The highest BCUT2D eigenvalue weighted by atomic mass is 16.2. The highest BCUT2D eigenvalue weighted by molar-refractivity contribution is 6.02. The van der Waals surface area contributed by atoms with Gasteiger partial charge in [-0.2, -0.15) is 4.68 Å². The maximum Gasteiger partial charge on any atom is 0.332 e. The van der Waals surface area contributed by atoms with Gasteiger partial charge < -0.3 is 11.1 Å². The molecule has 0 atom stereocenters. The van der Waals surface area contributed by atoms with Gasteiger partial charge in [0.1, 0.15) is 11.4 Å². The average Bonchev–Trinajstić information content (AvgIpc) is 3.14. The molecule has 0 fully saturated rings. The van der Waals surface area contributed by atoms with Crippen molar-refractivity contribution in [3.05, 3.63) is 56.0 Å². The number of hydrogen-bond acceptors (Lipinski definition) is 8. The number of nitrogens with zero attached hydrogens (tertiary/aromatic N) is 6. The van der Waals surface area contributed by atoms with Crippen molar-refractivity contribution in [3.8, 4) is 5.69 Å². The second kappa shape index (κ2) is 8.54. The Morgan fingerprint density at radius 2 is 1.94 bits per heavy atom. The maximum atomic E-state index is 12.9. The highest BCUT2D eigenvalue weighted by Gasteiger charge is 2.21. The van der Waals surface area contributed by atoms with Crippen LogP contribution < -0.4 is 22.3 Å². The fraction of sp³-hybridized carbons (Fsp3) is 0.400. The molecule has 3 N–H and O–H groups in total. The van der Waals surface area contributed by atoms with Gasteiger partial charge in [0.25, 0.3) is 5.56 Å². The lowest BCUT2D eigenvalue weighted by atomic mass is 10.1. The summed E-state index contributed by atoms with van der Waals surface area (Å²) in [7, 11) is 1.34. The number of nitrogens with two attached hydrogens (primary N) is 1. The van der Waals surface area contributed by atoms with Crippen LogP contribution in [0.4, 0.5) is 11.5 Å². The van der Waals surface area contributed by atoms with Gasteiger partial charge in [-0.05, 0) is 47.9 Å². The first-order valence-corrected chi connectivity index (χ1v) is 9.84. The summed E-state index contributed by atoms with van der Waals surface area (Å²) in [5.41, 5.74) is 6.99. The van der Waals surface area contributed by atoms with E-state index in [1.165, 1.54) is 11.6 Å². The number of aromatic nitrogens is 6. The molecule has 3 aromatic rings. The molecular formula is C20H26N8O3. The Hall–Kier alpha value is -3.76. The number of tetrazole rings is 1. The predicted octanol–water partition coefficient (Wildman–Crippen LogP) is 0.673. The van der Waals surface area contributed by atoms with Crippen LogP contribution >= 0.6 is 0 Å². The van der Waals surface area contributed by atoms with Gasteiger partial charge >= 0.3 is 5.69 Å². The molecule has 2 heterocycles. The van der Waals surface area contributed by atoms with Gasteiger partial charge in [0.05, 0.1) is 12.2 Å². The van der Waals surface area contributed by atoms with Crippen LogP contribution in [0.1, 0.15) is 35.6 Å². The van der Waals surface area contributed by atoms with Crippen molar-refractivity contribution in [1.29, 1.82) is 0 Å². The van der Waals surface area contributed by atoms with E-state index in [0.29, 0.717) is 18.1 Å². The minimum absolute atomic E-state index is 0.109. The Kier molecular flexibility index (Phi) is 6.04. The molecule has 0 aliphatic rings. The molecular weight excluding hydrogens is 400 g/mol. The number of anilines is 2. The zero-order valence-corrected chi connectivity index (χ0v) is 18.2. The summed E-state index contributed by atoms with van der Waals surface area (Å²) in [6.45, 7) is 7.68. The molecule has 3 rings (SSSR count). The van der Waals surface area contributed by atoms with Crippen LogP contribution in [0.3, 0.4) is 0 Å². The predicted molar refractivity (Wildman–Crippen MR) is 117 cm³/mol. The molecule has 0 unspecified atom stereocenters. The zero-order valence-electron chi connectivity index (χ0n) is 18.2. The SMILES string of the molecule is Cc1ccc(NCC(=O)c2c(N)n(CC(C)C)c(=O)n(C)c2=O)cc1-n1nnnc1C. The largest absolute Gasteiger partial charge is 0.384 e. The molecule has 11 nitrogen and oxygen atoms in total. The summed E-state index contributed by atoms with van der Waals surface area (Å²) in [4.78, 5) is 37.9. The molecule has 31 heavy (non-hydrogen) atoms. The summed E-state index contributed by atoms with van der Waals surface area (Å²) in [5.74, 6) is 0.123. The smallest absolute Gasteiger partial charge is 0.332 e. The van der Waals surface area contributed by atoms with Crippen LogP contribution in [0.15, 0.2) is 27.8 Å². The van der Waals surface area contributed by atoms with Gasteiger partial charge in [-0.1, -0.05) is 19.9 Å². The van der Waals surface area contributed by atoms with E-state index in [2.05, 4.69) is 20.8 Å². The van der Waals surface area contributed by atoms with Gasteiger partial charge in [0, 0.05) is 19.3 Å². The Balaban J connectivity index is 1.90. The third-order valence-electron chi connectivity index (χ3n) is 4.93. The number of nitrogens with one attached hydrogen (secondary N) is 1. The number of carbonyl (C=O) groups is 1. The van der Waals surface area contributed by atoms with Crippen LogP contribution in [0.25, 0.3) is 5.69 Å². The second-order valence-corrected chi connectivity index (χ2v) is 7.83. The van der Waals surface area contributed by atoms with Crippen LogP contribution in [-0.4, -0.2) is 41.7 Å². The number of ketones is 1. The lowest BCUT2D eigenvalue weighted by Gasteiger charge is -2.16. The third kappa shape index (κ3) is 4.25. The van der Waals surface area contributed by atoms with Crippen molar-refractivity contribution >= 4 is 17.3 Å². The first kappa shape index (κ1) is 21.9. The van der Waals surface area contributed by atoms with Crippen LogP contribution in [0, 0.1) is 19.8 Å². The summed E-state index contributed by atoms with van der Waals surface area (Å²) in [6, 6.07) is 5.50. The van der Waals surface area contributed by atoms with E-state index in [1.807, 2.05) is 39.0 Å². The van der Waals surface area contributed by atoms with E-state index in [4.69, 9.17) is 5.73 Å². The molecule has 0 bridgehead atoms. The average molecular weight is 426 g/mol. The van der Waals surface area contributed by atoms with Crippen molar-refractivity contribution in [3.63, 3.8) is 0 Å². The lowest BCUT2D eigenvalue weighted by Crippen LogP contribution is -2.43. The molecule has 0 radical (unpaired) electrons. The number of rotatable bonds is 7. The molecule has 0 aliphatic heterocycles. The topological polar surface area (TPSA) is 143 Å². The van der Waals surface area contributed by atoms with Crippen LogP contribution in [0.5, 0.6) is 0 Å². The van der Waals surface area contributed by atoms with Crippen molar-refractivity contribution in [2.24, 2.45) is 13.0 Å². The molecule has 11 heteroatoms. The summed E-state index contributed by atoms with van der Waals surface area (Å²) >= 11 is 0. The molecule has 0 amide bonds. The Labute approximate surface area is 178 Å². The normalized spacial score (nSPS) is 11.2. The van der Waals surface area contributed by atoms with E-state index < -0.39 is 17.0 Å². The number of hydrogen-bond donors (Lipinski definition) is 2. The summed E-state index contributed by atoms with van der Waals surface area (Å²) in [5, 5.41) is 14.5. The molecule has 0 aliphatic carbocycles. The molecule has 164 valence electrons. The fourth-order valence-electron chi connectivity index (χ4n) is 3.26.